The van der Waals surface area contributed by atoms with E-state index in [0.717, 1.165) is 32.5 Å². The molecule has 1 N–H and O–H groups in total. The molecule has 2 amide bonds. The number of morpholine rings is 1. The van der Waals surface area contributed by atoms with Gasteiger partial charge in [0.1, 0.15) is 0 Å². The Morgan fingerprint density at radius 1 is 1.16 bits per heavy atom. The predicted molar refractivity (Wildman–Crippen MR) is 99.6 cm³/mol. The number of ether oxygens (including phenoxy) is 1. The van der Waals surface area contributed by atoms with Crippen molar-refractivity contribution in [2.45, 2.75) is 39.3 Å². The van der Waals surface area contributed by atoms with Crippen LogP contribution in [-0.2, 0) is 17.7 Å². The molecule has 0 radical (unpaired) electrons. The van der Waals surface area contributed by atoms with Crippen LogP contribution in [0.4, 0.5) is 4.79 Å². The third-order valence-electron chi connectivity index (χ3n) is 5.21. The third kappa shape index (κ3) is 4.95. The molecule has 2 aliphatic rings. The molecule has 25 heavy (non-hydrogen) atoms. The summed E-state index contributed by atoms with van der Waals surface area (Å²) in [4.78, 5) is 16.8. The van der Waals surface area contributed by atoms with E-state index in [1.165, 1.54) is 11.1 Å². The fraction of sp³-hybridized carbons (Fsp3) is 0.650. The number of benzene rings is 1. The number of hydrogen-bond acceptors (Lipinski definition) is 3. The van der Waals surface area contributed by atoms with Crippen LogP contribution >= 0.6 is 0 Å². The smallest absolute Gasteiger partial charge is 0.317 e. The third-order valence-corrected chi connectivity index (χ3v) is 5.21. The molecule has 2 aliphatic heterocycles. The number of urea groups is 1. The Morgan fingerprint density at radius 2 is 1.88 bits per heavy atom. The van der Waals surface area contributed by atoms with E-state index in [-0.39, 0.29) is 6.03 Å². The van der Waals surface area contributed by atoms with Gasteiger partial charge in [0.2, 0.25) is 0 Å². The van der Waals surface area contributed by atoms with Gasteiger partial charge >= 0.3 is 6.03 Å². The minimum Gasteiger partial charge on any atom is -0.378 e. The second-order valence-corrected chi connectivity index (χ2v) is 7.56. The van der Waals surface area contributed by atoms with Gasteiger partial charge in [-0.2, -0.15) is 0 Å². The summed E-state index contributed by atoms with van der Waals surface area (Å²) in [5, 5.41) is 3.17. The van der Waals surface area contributed by atoms with E-state index in [1.807, 2.05) is 4.90 Å². The predicted octanol–water partition coefficient (Wildman–Crippen LogP) is 2.50. The molecule has 0 aliphatic carbocycles. The minimum atomic E-state index is 0.0504. The van der Waals surface area contributed by atoms with Gasteiger partial charge in [-0.25, -0.2) is 4.79 Å². The van der Waals surface area contributed by atoms with E-state index in [4.69, 9.17) is 4.74 Å². The Bertz CT molecular complexity index is 570. The standard InChI is InChI=1S/C20H31N3O2/c1-16(2)13-19(14-21-20(24)22-9-11-25-12-10-22)23-8-7-17-5-3-4-6-18(17)15-23/h3-6,16,19H,7-15H2,1-2H3,(H,21,24). The van der Waals surface area contributed by atoms with E-state index in [2.05, 4.69) is 48.3 Å². The van der Waals surface area contributed by atoms with E-state index in [1.54, 1.807) is 0 Å². The van der Waals surface area contributed by atoms with Crippen LogP contribution in [-0.4, -0.2) is 61.3 Å². The molecule has 138 valence electrons. The molecule has 2 heterocycles. The zero-order valence-electron chi connectivity index (χ0n) is 15.5. The number of carbonyl (C=O) groups is 1. The molecule has 1 unspecified atom stereocenters. The molecule has 1 fully saturated rings. The Morgan fingerprint density at radius 3 is 2.60 bits per heavy atom. The van der Waals surface area contributed by atoms with Gasteiger partial charge in [0, 0.05) is 38.8 Å². The van der Waals surface area contributed by atoms with Gasteiger partial charge in [-0.15, -0.1) is 0 Å². The lowest BCUT2D eigenvalue weighted by Crippen LogP contribution is -2.51. The first kappa shape index (κ1) is 18.2. The number of carbonyl (C=O) groups excluding carboxylic acids is 1. The minimum absolute atomic E-state index is 0.0504. The topological polar surface area (TPSA) is 44.8 Å². The number of nitrogens with zero attached hydrogens (tertiary/aromatic N) is 2. The van der Waals surface area contributed by atoms with Crippen molar-refractivity contribution in [3.05, 3.63) is 35.4 Å². The highest BCUT2D eigenvalue weighted by atomic mass is 16.5. The van der Waals surface area contributed by atoms with Crippen LogP contribution in [0.15, 0.2) is 24.3 Å². The van der Waals surface area contributed by atoms with Gasteiger partial charge in [-0.3, -0.25) is 4.90 Å². The molecular weight excluding hydrogens is 314 g/mol. The lowest BCUT2D eigenvalue weighted by Gasteiger charge is -2.37. The Balaban J connectivity index is 1.59. The van der Waals surface area contributed by atoms with Crippen molar-refractivity contribution in [1.82, 2.24) is 15.1 Å². The van der Waals surface area contributed by atoms with Crippen LogP contribution < -0.4 is 5.32 Å². The Kier molecular flexibility index (Phi) is 6.32. The molecular formula is C20H31N3O2. The number of fused-ring (bicyclic) bond motifs is 1. The van der Waals surface area contributed by atoms with Crippen molar-refractivity contribution in [2.75, 3.05) is 39.4 Å². The molecule has 0 bridgehead atoms. The summed E-state index contributed by atoms with van der Waals surface area (Å²) in [7, 11) is 0. The summed E-state index contributed by atoms with van der Waals surface area (Å²) in [5.74, 6) is 0.613. The summed E-state index contributed by atoms with van der Waals surface area (Å²) >= 11 is 0. The molecule has 1 aromatic rings. The quantitative estimate of drug-likeness (QED) is 0.892. The molecule has 1 aromatic carbocycles. The van der Waals surface area contributed by atoms with Crippen LogP contribution in [0.3, 0.4) is 0 Å². The molecule has 0 spiro atoms. The van der Waals surface area contributed by atoms with Crippen molar-refractivity contribution in [3.63, 3.8) is 0 Å². The number of rotatable bonds is 5. The number of amides is 2. The average Bonchev–Trinajstić information content (AvgIpc) is 2.65. The second-order valence-electron chi connectivity index (χ2n) is 7.56. The lowest BCUT2D eigenvalue weighted by atomic mass is 9.95. The van der Waals surface area contributed by atoms with Crippen molar-refractivity contribution < 1.29 is 9.53 Å². The van der Waals surface area contributed by atoms with E-state index >= 15 is 0 Å². The molecule has 1 atom stereocenters. The summed E-state index contributed by atoms with van der Waals surface area (Å²) in [6, 6.07) is 9.17. The maximum Gasteiger partial charge on any atom is 0.317 e. The highest BCUT2D eigenvalue weighted by molar-refractivity contribution is 5.74. The highest BCUT2D eigenvalue weighted by Crippen LogP contribution is 2.22. The normalized spacial score (nSPS) is 19.6. The van der Waals surface area contributed by atoms with Crippen LogP contribution in [0.2, 0.25) is 0 Å². The molecule has 1 saturated heterocycles. The van der Waals surface area contributed by atoms with Gasteiger partial charge in [0.15, 0.2) is 0 Å². The number of hydrogen-bond donors (Lipinski definition) is 1. The van der Waals surface area contributed by atoms with E-state index < -0.39 is 0 Å². The van der Waals surface area contributed by atoms with Crippen LogP contribution in [0, 0.1) is 5.92 Å². The SMILES string of the molecule is CC(C)CC(CNC(=O)N1CCOCC1)N1CCc2ccccc2C1. The highest BCUT2D eigenvalue weighted by Gasteiger charge is 2.25. The molecule has 3 rings (SSSR count). The lowest BCUT2D eigenvalue weighted by molar-refractivity contribution is 0.0523. The van der Waals surface area contributed by atoms with Gasteiger partial charge in [-0.1, -0.05) is 38.1 Å². The van der Waals surface area contributed by atoms with E-state index in [9.17, 15) is 4.79 Å². The van der Waals surface area contributed by atoms with Gasteiger partial charge in [0.25, 0.3) is 0 Å². The maximum atomic E-state index is 12.4. The summed E-state index contributed by atoms with van der Waals surface area (Å²) < 4.78 is 5.33. The average molecular weight is 345 g/mol. The summed E-state index contributed by atoms with van der Waals surface area (Å²) in [6.07, 6.45) is 2.20. The summed E-state index contributed by atoms with van der Waals surface area (Å²) in [5.41, 5.74) is 2.90. The Labute approximate surface area is 151 Å². The van der Waals surface area contributed by atoms with Crippen LogP contribution in [0.5, 0.6) is 0 Å². The van der Waals surface area contributed by atoms with E-state index in [0.29, 0.717) is 38.3 Å². The second kappa shape index (κ2) is 8.68. The molecule has 5 heteroatoms. The first-order chi connectivity index (χ1) is 12.1. The van der Waals surface area contributed by atoms with Gasteiger partial charge < -0.3 is 15.0 Å². The van der Waals surface area contributed by atoms with Gasteiger partial charge in [-0.05, 0) is 29.9 Å². The molecule has 0 aromatic heterocycles. The first-order valence-electron chi connectivity index (χ1n) is 9.55. The molecule has 0 saturated carbocycles. The first-order valence-corrected chi connectivity index (χ1v) is 9.55. The van der Waals surface area contributed by atoms with Crippen molar-refractivity contribution in [1.29, 1.82) is 0 Å². The van der Waals surface area contributed by atoms with Crippen molar-refractivity contribution in [2.24, 2.45) is 5.92 Å². The monoisotopic (exact) mass is 345 g/mol. The van der Waals surface area contributed by atoms with Crippen molar-refractivity contribution >= 4 is 6.03 Å². The fourth-order valence-corrected chi connectivity index (χ4v) is 3.82. The summed E-state index contributed by atoms with van der Waals surface area (Å²) in [6.45, 7) is 9.97. The Hall–Kier alpha value is -1.59. The van der Waals surface area contributed by atoms with Crippen LogP contribution in [0.25, 0.3) is 0 Å². The zero-order valence-corrected chi connectivity index (χ0v) is 15.5. The van der Waals surface area contributed by atoms with Crippen molar-refractivity contribution in [3.8, 4) is 0 Å². The fourth-order valence-electron chi connectivity index (χ4n) is 3.82. The molecule has 5 nitrogen and oxygen atoms in total. The van der Waals surface area contributed by atoms with Crippen LogP contribution in [0.1, 0.15) is 31.4 Å². The van der Waals surface area contributed by atoms with Gasteiger partial charge in [0.05, 0.1) is 13.2 Å². The largest absolute Gasteiger partial charge is 0.378 e. The maximum absolute atomic E-state index is 12.4. The zero-order chi connectivity index (χ0) is 17.6. The number of nitrogens with one attached hydrogen (secondary N) is 1.